The number of carbonyl (C=O) groups is 1. The van der Waals surface area contributed by atoms with Crippen LogP contribution in [0, 0.1) is 11.8 Å². The molecule has 2 nitrogen and oxygen atoms in total. The summed E-state index contributed by atoms with van der Waals surface area (Å²) in [6.07, 6.45) is 1.38. The van der Waals surface area contributed by atoms with E-state index in [9.17, 15) is 4.79 Å². The van der Waals surface area contributed by atoms with E-state index >= 15 is 0 Å². The number of nitrogens with one attached hydrogen (secondary N) is 1. The molecular formula is C13H11Cl2NO. The largest absolute Gasteiger partial charge is 0.324 e. The van der Waals surface area contributed by atoms with Gasteiger partial charge in [0.05, 0.1) is 16.6 Å². The van der Waals surface area contributed by atoms with E-state index in [4.69, 9.17) is 23.2 Å². The average molecular weight is 268 g/mol. The van der Waals surface area contributed by atoms with E-state index in [0.29, 0.717) is 28.6 Å². The van der Waals surface area contributed by atoms with Gasteiger partial charge in [-0.1, -0.05) is 23.2 Å². The van der Waals surface area contributed by atoms with Crippen molar-refractivity contribution in [3.8, 4) is 11.8 Å². The maximum absolute atomic E-state index is 11.8. The summed E-state index contributed by atoms with van der Waals surface area (Å²) in [4.78, 5) is 11.8. The second-order valence-corrected chi connectivity index (χ2v) is 4.70. The van der Waals surface area contributed by atoms with Gasteiger partial charge in [0.1, 0.15) is 0 Å². The van der Waals surface area contributed by atoms with Crippen molar-refractivity contribution in [2.45, 2.75) is 25.7 Å². The van der Waals surface area contributed by atoms with E-state index in [1.165, 1.54) is 0 Å². The molecule has 0 saturated heterocycles. The number of hydrogen-bond donors (Lipinski definition) is 1. The second-order valence-electron chi connectivity index (χ2n) is 3.86. The van der Waals surface area contributed by atoms with Crippen LogP contribution in [0.2, 0.25) is 10.0 Å². The van der Waals surface area contributed by atoms with Crippen molar-refractivity contribution in [3.05, 3.63) is 27.7 Å². The van der Waals surface area contributed by atoms with Crippen molar-refractivity contribution in [2.24, 2.45) is 0 Å². The third-order valence-corrected chi connectivity index (χ3v) is 3.28. The zero-order valence-electron chi connectivity index (χ0n) is 9.31. The Morgan fingerprint density at radius 2 is 2.18 bits per heavy atom. The fourth-order valence-corrected chi connectivity index (χ4v) is 2.54. The highest BCUT2D eigenvalue weighted by molar-refractivity contribution is 6.37. The summed E-state index contributed by atoms with van der Waals surface area (Å²) < 4.78 is 0. The number of rotatable bonds is 2. The minimum absolute atomic E-state index is 0.0259. The number of anilines is 1. The first-order chi connectivity index (χ1) is 8.13. The highest BCUT2D eigenvalue weighted by Crippen LogP contribution is 2.41. The predicted molar refractivity (Wildman–Crippen MR) is 70.5 cm³/mol. The second kappa shape index (κ2) is 5.00. The lowest BCUT2D eigenvalue weighted by molar-refractivity contribution is -0.117. The summed E-state index contributed by atoms with van der Waals surface area (Å²) >= 11 is 12.0. The lowest BCUT2D eigenvalue weighted by atomic mass is 9.96. The first-order valence-electron chi connectivity index (χ1n) is 5.33. The van der Waals surface area contributed by atoms with Crippen molar-refractivity contribution in [2.75, 3.05) is 5.32 Å². The van der Waals surface area contributed by atoms with Gasteiger partial charge in [-0.2, -0.15) is 0 Å². The van der Waals surface area contributed by atoms with E-state index in [1.807, 2.05) is 0 Å². The van der Waals surface area contributed by atoms with Crippen LogP contribution in [0.3, 0.4) is 0 Å². The predicted octanol–water partition coefficient (Wildman–Crippen LogP) is 3.83. The van der Waals surface area contributed by atoms with Gasteiger partial charge in [-0.25, -0.2) is 0 Å². The molecule has 0 aliphatic carbocycles. The van der Waals surface area contributed by atoms with E-state index in [0.717, 1.165) is 5.56 Å². The Hall–Kier alpha value is -1.17. The standard InChI is InChI=1S/C13H11Cl2NO/c1-2-3-4-5-9-10-6-8(14)7-11(15)12(10)16-13(9)17/h6-7,9H,4-5H2,1H3,(H,16,17). The Morgan fingerprint density at radius 1 is 1.41 bits per heavy atom. The van der Waals surface area contributed by atoms with Crippen molar-refractivity contribution in [1.29, 1.82) is 0 Å². The van der Waals surface area contributed by atoms with Crippen LogP contribution in [-0.4, -0.2) is 5.91 Å². The maximum atomic E-state index is 11.8. The lowest BCUT2D eigenvalue weighted by Crippen LogP contribution is -2.11. The molecule has 17 heavy (non-hydrogen) atoms. The molecule has 0 bridgehead atoms. The van der Waals surface area contributed by atoms with Crippen molar-refractivity contribution < 1.29 is 4.79 Å². The van der Waals surface area contributed by atoms with Gasteiger partial charge in [0.15, 0.2) is 0 Å². The third-order valence-electron chi connectivity index (χ3n) is 2.76. The number of amides is 1. The first-order valence-corrected chi connectivity index (χ1v) is 6.08. The highest BCUT2D eigenvalue weighted by atomic mass is 35.5. The molecule has 1 aromatic carbocycles. The number of fused-ring (bicyclic) bond motifs is 1. The van der Waals surface area contributed by atoms with Crippen molar-refractivity contribution >= 4 is 34.8 Å². The molecule has 1 aromatic rings. The number of halogens is 2. The van der Waals surface area contributed by atoms with Crippen molar-refractivity contribution in [3.63, 3.8) is 0 Å². The Labute approximate surface area is 110 Å². The van der Waals surface area contributed by atoms with E-state index in [2.05, 4.69) is 17.2 Å². The minimum Gasteiger partial charge on any atom is -0.324 e. The zero-order chi connectivity index (χ0) is 12.4. The van der Waals surface area contributed by atoms with Gasteiger partial charge < -0.3 is 5.32 Å². The van der Waals surface area contributed by atoms with Crippen LogP contribution in [0.25, 0.3) is 0 Å². The highest BCUT2D eigenvalue weighted by Gasteiger charge is 2.31. The quantitative estimate of drug-likeness (QED) is 0.811. The molecule has 0 aromatic heterocycles. The molecule has 0 fully saturated rings. The van der Waals surface area contributed by atoms with Crippen LogP contribution >= 0.6 is 23.2 Å². The monoisotopic (exact) mass is 267 g/mol. The molecule has 0 spiro atoms. The Morgan fingerprint density at radius 3 is 2.88 bits per heavy atom. The molecule has 0 radical (unpaired) electrons. The molecule has 0 saturated carbocycles. The molecule has 1 unspecified atom stereocenters. The normalized spacial score (nSPS) is 17.1. The van der Waals surface area contributed by atoms with Gasteiger partial charge in [0.2, 0.25) is 5.91 Å². The summed E-state index contributed by atoms with van der Waals surface area (Å²) in [6, 6.07) is 3.43. The van der Waals surface area contributed by atoms with Crippen molar-refractivity contribution in [1.82, 2.24) is 0 Å². The van der Waals surface area contributed by atoms with Crippen LogP contribution in [0.5, 0.6) is 0 Å². The lowest BCUT2D eigenvalue weighted by Gasteiger charge is -2.07. The molecule has 1 heterocycles. The smallest absolute Gasteiger partial charge is 0.232 e. The van der Waals surface area contributed by atoms with Crippen LogP contribution in [0.15, 0.2) is 12.1 Å². The third kappa shape index (κ3) is 2.41. The van der Waals surface area contributed by atoms with Gasteiger partial charge >= 0.3 is 0 Å². The van der Waals surface area contributed by atoms with Crippen LogP contribution in [-0.2, 0) is 4.79 Å². The Kier molecular flexibility index (Phi) is 3.61. The molecular weight excluding hydrogens is 257 g/mol. The fourth-order valence-electron chi connectivity index (χ4n) is 1.98. The number of hydrogen-bond acceptors (Lipinski definition) is 1. The summed E-state index contributed by atoms with van der Waals surface area (Å²) in [6.45, 7) is 1.79. The molecule has 88 valence electrons. The first kappa shape index (κ1) is 12.3. The van der Waals surface area contributed by atoms with Crippen LogP contribution in [0.1, 0.15) is 31.2 Å². The molecule has 2 rings (SSSR count). The van der Waals surface area contributed by atoms with Gasteiger partial charge in [0, 0.05) is 11.4 Å². The molecule has 1 N–H and O–H groups in total. The maximum Gasteiger partial charge on any atom is 0.232 e. The van der Waals surface area contributed by atoms with E-state index < -0.39 is 0 Å². The zero-order valence-corrected chi connectivity index (χ0v) is 10.8. The van der Waals surface area contributed by atoms with Gasteiger partial charge in [0.25, 0.3) is 0 Å². The summed E-state index contributed by atoms with van der Waals surface area (Å²) in [7, 11) is 0. The van der Waals surface area contributed by atoms with Gasteiger partial charge in [-0.15, -0.1) is 11.8 Å². The molecule has 1 aliphatic rings. The van der Waals surface area contributed by atoms with Gasteiger partial charge in [-0.3, -0.25) is 4.79 Å². The van der Waals surface area contributed by atoms with Gasteiger partial charge in [-0.05, 0) is 31.0 Å². The summed E-state index contributed by atoms with van der Waals surface area (Å²) in [5.41, 5.74) is 1.57. The van der Waals surface area contributed by atoms with E-state index in [-0.39, 0.29) is 11.8 Å². The SMILES string of the molecule is CC#CCCC1C(=O)Nc2c(Cl)cc(Cl)cc21. The Balaban J connectivity index is 2.31. The molecule has 1 amide bonds. The molecule has 1 aliphatic heterocycles. The van der Waals surface area contributed by atoms with E-state index in [1.54, 1.807) is 19.1 Å². The number of carbonyl (C=O) groups excluding carboxylic acids is 1. The summed E-state index contributed by atoms with van der Waals surface area (Å²) in [5, 5.41) is 3.84. The topological polar surface area (TPSA) is 29.1 Å². The summed E-state index contributed by atoms with van der Waals surface area (Å²) in [5.74, 6) is 5.56. The molecule has 1 atom stereocenters. The number of benzene rings is 1. The van der Waals surface area contributed by atoms with Crippen LogP contribution in [0.4, 0.5) is 5.69 Å². The average Bonchev–Trinajstić information content (AvgIpc) is 2.57. The minimum atomic E-state index is -0.193. The Bertz CT molecular complexity index is 528. The van der Waals surface area contributed by atoms with Crippen LogP contribution < -0.4 is 5.32 Å². The molecule has 4 heteroatoms. The fraction of sp³-hybridized carbons (Fsp3) is 0.308.